The third-order valence-corrected chi connectivity index (χ3v) is 4.81. The van der Waals surface area contributed by atoms with E-state index in [9.17, 15) is 0 Å². The summed E-state index contributed by atoms with van der Waals surface area (Å²) in [6, 6.07) is 25.1. The van der Waals surface area contributed by atoms with Gasteiger partial charge in [-0.15, -0.1) is 0 Å². The van der Waals surface area contributed by atoms with Crippen LogP contribution in [0.3, 0.4) is 0 Å². The highest BCUT2D eigenvalue weighted by Crippen LogP contribution is 2.37. The molecule has 1 aromatic heterocycles. The van der Waals surface area contributed by atoms with E-state index in [-0.39, 0.29) is 0 Å². The minimum atomic E-state index is 0.853. The summed E-state index contributed by atoms with van der Waals surface area (Å²) in [4.78, 5) is 4.99. The fourth-order valence-electron chi connectivity index (χ4n) is 3.48. The molecule has 0 unspecified atom stereocenters. The average Bonchev–Trinajstić information content (AvgIpc) is 2.68. The molecule has 26 heavy (non-hydrogen) atoms. The second-order valence-corrected chi connectivity index (χ2v) is 6.58. The van der Waals surface area contributed by atoms with Gasteiger partial charge in [-0.3, -0.25) is 0 Å². The molecule has 0 saturated heterocycles. The van der Waals surface area contributed by atoms with Crippen LogP contribution in [0.1, 0.15) is 11.1 Å². The molecule has 0 bridgehead atoms. The van der Waals surface area contributed by atoms with E-state index >= 15 is 0 Å². The van der Waals surface area contributed by atoms with Crippen LogP contribution in [0, 0.1) is 13.8 Å². The van der Waals surface area contributed by atoms with Crippen molar-refractivity contribution in [3.63, 3.8) is 0 Å². The number of aromatic nitrogens is 1. The Kier molecular flexibility index (Phi) is 4.18. The van der Waals surface area contributed by atoms with E-state index in [1.165, 1.54) is 27.6 Å². The van der Waals surface area contributed by atoms with Crippen molar-refractivity contribution in [3.05, 3.63) is 83.9 Å². The molecule has 0 spiro atoms. The molecule has 0 aliphatic carbocycles. The maximum absolute atomic E-state index is 5.29. The largest absolute Gasteiger partial charge is 0.497 e. The van der Waals surface area contributed by atoms with E-state index in [2.05, 4.69) is 74.5 Å². The van der Waals surface area contributed by atoms with E-state index in [0.717, 1.165) is 22.5 Å². The Morgan fingerprint density at radius 1 is 0.769 bits per heavy atom. The molecule has 0 aliphatic heterocycles. The highest BCUT2D eigenvalue weighted by Gasteiger charge is 2.15. The lowest BCUT2D eigenvalue weighted by atomic mass is 9.92. The van der Waals surface area contributed by atoms with Gasteiger partial charge in [0, 0.05) is 10.9 Å². The minimum Gasteiger partial charge on any atom is -0.497 e. The van der Waals surface area contributed by atoms with Crippen LogP contribution in [0.5, 0.6) is 5.75 Å². The maximum atomic E-state index is 5.29. The SMILES string of the molecule is COc1ccc(-c2nc3ccc(C)cc3c(-c3ccccc3)c2C)cc1. The summed E-state index contributed by atoms with van der Waals surface area (Å²) in [5.74, 6) is 0.853. The number of fused-ring (bicyclic) bond motifs is 1. The van der Waals surface area contributed by atoms with Crippen LogP contribution in [-0.4, -0.2) is 12.1 Å². The molecule has 3 aromatic carbocycles. The first-order chi connectivity index (χ1) is 12.7. The summed E-state index contributed by atoms with van der Waals surface area (Å²) >= 11 is 0. The van der Waals surface area contributed by atoms with E-state index in [1.54, 1.807) is 7.11 Å². The molecule has 0 fully saturated rings. The molecule has 4 aromatic rings. The van der Waals surface area contributed by atoms with Gasteiger partial charge >= 0.3 is 0 Å². The van der Waals surface area contributed by atoms with Gasteiger partial charge in [0.1, 0.15) is 5.75 Å². The van der Waals surface area contributed by atoms with Gasteiger partial charge in [-0.25, -0.2) is 4.98 Å². The third kappa shape index (κ3) is 2.84. The number of benzene rings is 3. The number of hydrogen-bond acceptors (Lipinski definition) is 2. The van der Waals surface area contributed by atoms with Crippen LogP contribution in [0.15, 0.2) is 72.8 Å². The maximum Gasteiger partial charge on any atom is 0.118 e. The van der Waals surface area contributed by atoms with Crippen molar-refractivity contribution in [1.82, 2.24) is 4.98 Å². The quantitative estimate of drug-likeness (QED) is 0.444. The fraction of sp³-hybridized carbons (Fsp3) is 0.125. The van der Waals surface area contributed by atoms with E-state index in [0.29, 0.717) is 0 Å². The number of ether oxygens (including phenoxy) is 1. The van der Waals surface area contributed by atoms with Gasteiger partial charge in [0.2, 0.25) is 0 Å². The molecule has 128 valence electrons. The number of hydrogen-bond donors (Lipinski definition) is 0. The van der Waals surface area contributed by atoms with Crippen molar-refractivity contribution in [2.75, 3.05) is 7.11 Å². The molecule has 2 nitrogen and oxygen atoms in total. The monoisotopic (exact) mass is 339 g/mol. The predicted octanol–water partition coefficient (Wildman–Crippen LogP) is 6.19. The Labute approximate surface area is 154 Å². The molecule has 0 atom stereocenters. The minimum absolute atomic E-state index is 0.853. The van der Waals surface area contributed by atoms with Crippen LogP contribution < -0.4 is 4.74 Å². The van der Waals surface area contributed by atoms with Gasteiger partial charge in [-0.05, 0) is 66.9 Å². The summed E-state index contributed by atoms with van der Waals surface area (Å²) in [6.07, 6.45) is 0. The Bertz CT molecular complexity index is 1070. The van der Waals surface area contributed by atoms with E-state index < -0.39 is 0 Å². The number of aryl methyl sites for hydroxylation is 1. The summed E-state index contributed by atoms with van der Waals surface area (Å²) in [6.45, 7) is 4.29. The summed E-state index contributed by atoms with van der Waals surface area (Å²) in [5.41, 5.74) is 8.05. The first kappa shape index (κ1) is 16.3. The van der Waals surface area contributed by atoms with Crippen LogP contribution in [-0.2, 0) is 0 Å². The van der Waals surface area contributed by atoms with Gasteiger partial charge in [0.05, 0.1) is 18.3 Å². The lowest BCUT2D eigenvalue weighted by molar-refractivity contribution is 0.415. The summed E-state index contributed by atoms with van der Waals surface area (Å²) in [5, 5.41) is 1.20. The smallest absolute Gasteiger partial charge is 0.118 e. The molecule has 4 rings (SSSR count). The number of methoxy groups -OCH3 is 1. The Morgan fingerprint density at radius 2 is 1.50 bits per heavy atom. The molecule has 1 heterocycles. The van der Waals surface area contributed by atoms with Gasteiger partial charge in [-0.2, -0.15) is 0 Å². The van der Waals surface area contributed by atoms with Crippen molar-refractivity contribution in [2.24, 2.45) is 0 Å². The lowest BCUT2D eigenvalue weighted by Crippen LogP contribution is -1.96. The van der Waals surface area contributed by atoms with Gasteiger partial charge in [0.25, 0.3) is 0 Å². The highest BCUT2D eigenvalue weighted by atomic mass is 16.5. The number of pyridine rings is 1. The molecule has 0 saturated carbocycles. The van der Waals surface area contributed by atoms with Crippen molar-refractivity contribution in [3.8, 4) is 28.1 Å². The Morgan fingerprint density at radius 3 is 2.19 bits per heavy atom. The molecular formula is C24H21NO. The van der Waals surface area contributed by atoms with Crippen LogP contribution in [0.25, 0.3) is 33.3 Å². The number of nitrogens with zero attached hydrogens (tertiary/aromatic N) is 1. The third-order valence-electron chi connectivity index (χ3n) is 4.81. The number of rotatable bonds is 3. The van der Waals surface area contributed by atoms with Crippen molar-refractivity contribution in [2.45, 2.75) is 13.8 Å². The van der Waals surface area contributed by atoms with Gasteiger partial charge in [-0.1, -0.05) is 42.0 Å². The van der Waals surface area contributed by atoms with Crippen molar-refractivity contribution in [1.29, 1.82) is 0 Å². The van der Waals surface area contributed by atoms with Crippen molar-refractivity contribution < 1.29 is 4.74 Å². The Balaban J connectivity index is 2.03. The molecule has 0 aliphatic rings. The Hall–Kier alpha value is -3.13. The zero-order valence-corrected chi connectivity index (χ0v) is 15.3. The van der Waals surface area contributed by atoms with Gasteiger partial charge < -0.3 is 4.74 Å². The molecule has 0 N–H and O–H groups in total. The topological polar surface area (TPSA) is 22.1 Å². The molecular weight excluding hydrogens is 318 g/mol. The second-order valence-electron chi connectivity index (χ2n) is 6.58. The molecule has 0 amide bonds. The fourth-order valence-corrected chi connectivity index (χ4v) is 3.48. The van der Waals surface area contributed by atoms with Crippen LogP contribution in [0.4, 0.5) is 0 Å². The normalized spacial score (nSPS) is 10.9. The zero-order valence-electron chi connectivity index (χ0n) is 15.3. The second kappa shape index (κ2) is 6.64. The van der Waals surface area contributed by atoms with Gasteiger partial charge in [0.15, 0.2) is 0 Å². The molecule has 2 heteroatoms. The van der Waals surface area contributed by atoms with E-state index in [1.807, 2.05) is 12.1 Å². The average molecular weight is 339 g/mol. The van der Waals surface area contributed by atoms with E-state index in [4.69, 9.17) is 9.72 Å². The summed E-state index contributed by atoms with van der Waals surface area (Å²) in [7, 11) is 1.68. The zero-order chi connectivity index (χ0) is 18.1. The first-order valence-corrected chi connectivity index (χ1v) is 8.78. The van der Waals surface area contributed by atoms with Crippen molar-refractivity contribution >= 4 is 10.9 Å². The highest BCUT2D eigenvalue weighted by molar-refractivity contribution is 5.99. The standard InChI is InChI=1S/C24H21NO/c1-16-9-14-22-21(15-16)23(18-7-5-4-6-8-18)17(2)24(25-22)19-10-12-20(26-3)13-11-19/h4-15H,1-3H3. The molecule has 0 radical (unpaired) electrons. The summed E-state index contributed by atoms with van der Waals surface area (Å²) < 4.78 is 5.29. The first-order valence-electron chi connectivity index (χ1n) is 8.78. The lowest BCUT2D eigenvalue weighted by Gasteiger charge is -2.16. The van der Waals surface area contributed by atoms with Crippen LogP contribution in [0.2, 0.25) is 0 Å². The van der Waals surface area contributed by atoms with Crippen LogP contribution >= 0.6 is 0 Å². The predicted molar refractivity (Wildman–Crippen MR) is 109 cm³/mol.